The van der Waals surface area contributed by atoms with E-state index in [1.807, 2.05) is 24.4 Å². The average Bonchev–Trinajstić information content (AvgIpc) is 3.04. The van der Waals surface area contributed by atoms with Gasteiger partial charge in [-0.3, -0.25) is 15.1 Å². The van der Waals surface area contributed by atoms with Gasteiger partial charge < -0.3 is 0 Å². The summed E-state index contributed by atoms with van der Waals surface area (Å²) in [5.74, 6) is -0.288. The molecule has 3 aromatic rings. The zero-order valence-corrected chi connectivity index (χ0v) is 12.7. The largest absolute Gasteiger partial charge is 0.296 e. The lowest BCUT2D eigenvalue weighted by molar-refractivity contribution is 0.102. The molecule has 22 heavy (non-hydrogen) atoms. The van der Waals surface area contributed by atoms with Gasteiger partial charge in [-0.2, -0.15) is 0 Å². The van der Waals surface area contributed by atoms with E-state index in [4.69, 9.17) is 0 Å². The molecule has 0 saturated heterocycles. The summed E-state index contributed by atoms with van der Waals surface area (Å²) in [4.78, 5) is 28.7. The van der Waals surface area contributed by atoms with Crippen LogP contribution in [0.3, 0.4) is 0 Å². The number of rotatable bonds is 4. The molecular formula is C15H13N5OS. The van der Waals surface area contributed by atoms with E-state index in [1.165, 1.54) is 17.7 Å². The van der Waals surface area contributed by atoms with Crippen LogP contribution in [0.2, 0.25) is 0 Å². The van der Waals surface area contributed by atoms with E-state index in [1.54, 1.807) is 18.5 Å². The average molecular weight is 311 g/mol. The molecule has 7 heteroatoms. The molecule has 6 nitrogen and oxygen atoms in total. The van der Waals surface area contributed by atoms with Crippen LogP contribution in [-0.4, -0.2) is 25.8 Å². The molecule has 1 N–H and O–H groups in total. The highest BCUT2D eigenvalue weighted by atomic mass is 32.1. The molecule has 0 aliphatic heterocycles. The summed E-state index contributed by atoms with van der Waals surface area (Å²) in [6, 6.07) is 5.46. The van der Waals surface area contributed by atoms with Crippen LogP contribution >= 0.6 is 11.3 Å². The van der Waals surface area contributed by atoms with Gasteiger partial charge in [-0.25, -0.2) is 15.0 Å². The summed E-state index contributed by atoms with van der Waals surface area (Å²) in [6.45, 7) is 1.98. The Hall–Kier alpha value is -2.67. The second-order valence-electron chi connectivity index (χ2n) is 4.48. The minimum atomic E-state index is -0.288. The molecule has 3 heterocycles. The molecule has 3 aromatic heterocycles. The maximum atomic E-state index is 12.2. The number of pyridine rings is 1. The second-order valence-corrected chi connectivity index (χ2v) is 5.34. The normalized spacial score (nSPS) is 10.4. The molecule has 3 rings (SSSR count). The third-order valence-electron chi connectivity index (χ3n) is 3.00. The first-order valence-corrected chi connectivity index (χ1v) is 7.62. The summed E-state index contributed by atoms with van der Waals surface area (Å²) in [6.07, 6.45) is 5.60. The quantitative estimate of drug-likeness (QED) is 0.801. The predicted molar refractivity (Wildman–Crippen MR) is 84.7 cm³/mol. The Balaban J connectivity index is 1.76. The van der Waals surface area contributed by atoms with E-state index in [0.29, 0.717) is 10.8 Å². The third-order valence-corrected chi connectivity index (χ3v) is 3.76. The Labute approximate surface area is 131 Å². The highest BCUT2D eigenvalue weighted by molar-refractivity contribution is 7.14. The first-order chi connectivity index (χ1) is 10.8. The van der Waals surface area contributed by atoms with Crippen molar-refractivity contribution in [2.45, 2.75) is 13.3 Å². The Morgan fingerprint density at radius 1 is 1.36 bits per heavy atom. The van der Waals surface area contributed by atoms with Crippen LogP contribution in [-0.2, 0) is 6.42 Å². The Bertz CT molecular complexity index is 787. The predicted octanol–water partition coefficient (Wildman–Crippen LogP) is 2.81. The summed E-state index contributed by atoms with van der Waals surface area (Å²) in [5.41, 5.74) is 2.86. The molecule has 0 unspecified atom stereocenters. The number of anilines is 1. The number of aromatic nitrogens is 4. The number of nitrogens with zero attached hydrogens (tertiary/aromatic N) is 4. The summed E-state index contributed by atoms with van der Waals surface area (Å²) in [7, 11) is 0. The second kappa shape index (κ2) is 6.40. The first-order valence-electron chi connectivity index (χ1n) is 6.74. The molecule has 110 valence electrons. The third kappa shape index (κ3) is 3.15. The van der Waals surface area contributed by atoms with Crippen molar-refractivity contribution >= 4 is 22.4 Å². The van der Waals surface area contributed by atoms with Gasteiger partial charge in [0, 0.05) is 29.0 Å². The molecule has 0 aliphatic rings. The van der Waals surface area contributed by atoms with E-state index in [9.17, 15) is 4.79 Å². The number of aryl methyl sites for hydroxylation is 1. The highest BCUT2D eigenvalue weighted by Crippen LogP contribution is 2.24. The standard InChI is InChI=1S/C15H13N5OS/c1-2-11-6-12(18-9-17-11)14(21)20-15-19-13(8-22-15)10-4-3-5-16-7-10/h3-9H,2H2,1H3,(H,19,20,21). The van der Waals surface area contributed by atoms with Gasteiger partial charge in [0.15, 0.2) is 5.13 Å². The summed E-state index contributed by atoms with van der Waals surface area (Å²) in [5, 5.41) is 5.16. The summed E-state index contributed by atoms with van der Waals surface area (Å²) >= 11 is 1.36. The molecule has 0 saturated carbocycles. The fourth-order valence-corrected chi connectivity index (χ4v) is 2.57. The van der Waals surface area contributed by atoms with E-state index in [-0.39, 0.29) is 5.91 Å². The molecule has 0 aromatic carbocycles. The van der Waals surface area contributed by atoms with Crippen LogP contribution in [0.4, 0.5) is 5.13 Å². The van der Waals surface area contributed by atoms with Crippen molar-refractivity contribution in [3.63, 3.8) is 0 Å². The molecular weight excluding hydrogens is 298 g/mol. The molecule has 0 bridgehead atoms. The number of thiazole rings is 1. The highest BCUT2D eigenvalue weighted by Gasteiger charge is 2.12. The molecule has 0 atom stereocenters. The van der Waals surface area contributed by atoms with Gasteiger partial charge in [0.05, 0.1) is 5.69 Å². The fraction of sp³-hybridized carbons (Fsp3) is 0.133. The smallest absolute Gasteiger partial charge is 0.276 e. The van der Waals surface area contributed by atoms with Gasteiger partial charge in [0.2, 0.25) is 0 Å². The summed E-state index contributed by atoms with van der Waals surface area (Å²) < 4.78 is 0. The van der Waals surface area contributed by atoms with Crippen molar-refractivity contribution in [3.8, 4) is 11.3 Å². The lowest BCUT2D eigenvalue weighted by atomic mass is 10.2. The van der Waals surface area contributed by atoms with Gasteiger partial charge in [0.1, 0.15) is 12.0 Å². The van der Waals surface area contributed by atoms with E-state index in [2.05, 4.69) is 25.3 Å². The van der Waals surface area contributed by atoms with Crippen molar-refractivity contribution in [1.29, 1.82) is 0 Å². The van der Waals surface area contributed by atoms with Crippen LogP contribution in [0.25, 0.3) is 11.3 Å². The topological polar surface area (TPSA) is 80.7 Å². The van der Waals surface area contributed by atoms with Gasteiger partial charge >= 0.3 is 0 Å². The lowest BCUT2D eigenvalue weighted by Gasteiger charge is -2.02. The monoisotopic (exact) mass is 311 g/mol. The van der Waals surface area contributed by atoms with Crippen molar-refractivity contribution < 1.29 is 4.79 Å². The van der Waals surface area contributed by atoms with Crippen LogP contribution < -0.4 is 5.32 Å². The molecule has 0 spiro atoms. The van der Waals surface area contributed by atoms with Crippen LogP contribution in [0.5, 0.6) is 0 Å². The number of carbonyl (C=O) groups is 1. The maximum absolute atomic E-state index is 12.2. The van der Waals surface area contributed by atoms with Crippen LogP contribution in [0, 0.1) is 0 Å². The van der Waals surface area contributed by atoms with Crippen molar-refractivity contribution in [3.05, 3.63) is 53.7 Å². The van der Waals surface area contributed by atoms with Gasteiger partial charge in [-0.05, 0) is 24.6 Å². The minimum Gasteiger partial charge on any atom is -0.296 e. The molecule has 0 aliphatic carbocycles. The SMILES string of the molecule is CCc1cc(C(=O)Nc2nc(-c3cccnc3)cs2)ncn1. The fourth-order valence-electron chi connectivity index (χ4n) is 1.85. The van der Waals surface area contributed by atoms with Gasteiger partial charge in [-0.15, -0.1) is 11.3 Å². The first kappa shape index (κ1) is 14.3. The number of hydrogen-bond donors (Lipinski definition) is 1. The van der Waals surface area contributed by atoms with E-state index < -0.39 is 0 Å². The number of amides is 1. The molecule has 1 amide bonds. The van der Waals surface area contributed by atoms with E-state index >= 15 is 0 Å². The van der Waals surface area contributed by atoms with E-state index in [0.717, 1.165) is 23.4 Å². The number of hydrogen-bond acceptors (Lipinski definition) is 6. The number of carbonyl (C=O) groups excluding carboxylic acids is 1. The van der Waals surface area contributed by atoms with Crippen molar-refractivity contribution in [2.75, 3.05) is 5.32 Å². The number of nitrogens with one attached hydrogen (secondary N) is 1. The molecule has 0 fully saturated rings. The van der Waals surface area contributed by atoms with Crippen molar-refractivity contribution in [1.82, 2.24) is 19.9 Å². The minimum absolute atomic E-state index is 0.288. The van der Waals surface area contributed by atoms with Crippen LogP contribution in [0.1, 0.15) is 23.1 Å². The molecule has 0 radical (unpaired) electrons. The Morgan fingerprint density at radius 3 is 3.05 bits per heavy atom. The Kier molecular flexibility index (Phi) is 4.15. The zero-order chi connectivity index (χ0) is 15.4. The maximum Gasteiger partial charge on any atom is 0.276 e. The van der Waals surface area contributed by atoms with Crippen LogP contribution in [0.15, 0.2) is 42.3 Å². The lowest BCUT2D eigenvalue weighted by Crippen LogP contribution is -2.14. The Morgan fingerprint density at radius 2 is 2.27 bits per heavy atom. The van der Waals surface area contributed by atoms with Gasteiger partial charge in [0.25, 0.3) is 5.91 Å². The zero-order valence-electron chi connectivity index (χ0n) is 11.9. The van der Waals surface area contributed by atoms with Crippen molar-refractivity contribution in [2.24, 2.45) is 0 Å². The van der Waals surface area contributed by atoms with Gasteiger partial charge in [-0.1, -0.05) is 6.92 Å².